The highest BCUT2D eigenvalue weighted by Gasteiger charge is 2.33. The van der Waals surface area contributed by atoms with Crippen LogP contribution in [0.15, 0.2) is 30.3 Å². The lowest BCUT2D eigenvalue weighted by Gasteiger charge is -2.28. The van der Waals surface area contributed by atoms with E-state index < -0.39 is 36.4 Å². The van der Waals surface area contributed by atoms with Gasteiger partial charge in [-0.25, -0.2) is 0 Å². The molecule has 0 bridgehead atoms. The van der Waals surface area contributed by atoms with Crippen molar-refractivity contribution in [3.05, 3.63) is 35.9 Å². The summed E-state index contributed by atoms with van der Waals surface area (Å²) in [5.74, 6) is -4.94. The van der Waals surface area contributed by atoms with Gasteiger partial charge >= 0.3 is 5.97 Å². The summed E-state index contributed by atoms with van der Waals surface area (Å²) in [5, 5.41) is 30.6. The number of carbonyl (C=O) groups excluding carboxylic acids is 3. The molecule has 0 saturated heterocycles. The molecule has 20 heavy (non-hydrogen) atoms. The Labute approximate surface area is 114 Å². The Hall–Kier alpha value is -2.41. The van der Waals surface area contributed by atoms with E-state index in [9.17, 15) is 29.7 Å². The number of carboxylic acids is 2. The summed E-state index contributed by atoms with van der Waals surface area (Å²) in [6, 6.07) is 8.56. The standard InChI is InChI=1S/C13H14O7/c14-10(15)6-13(19,12(17)18)7-11(16)20-8-9-4-2-1-3-5-9/h1-5,19H,6-8H2,(H,14,15)(H,17,18)/p-2. The number of aliphatic carboxylic acids is 2. The second kappa shape index (κ2) is 6.67. The Kier molecular flexibility index (Phi) is 5.22. The van der Waals surface area contributed by atoms with Gasteiger partial charge in [0.2, 0.25) is 0 Å². The van der Waals surface area contributed by atoms with Crippen molar-refractivity contribution in [2.24, 2.45) is 0 Å². The Morgan fingerprint density at radius 2 is 1.70 bits per heavy atom. The Morgan fingerprint density at radius 1 is 1.10 bits per heavy atom. The second-order valence-corrected chi connectivity index (χ2v) is 4.19. The molecule has 1 aromatic rings. The van der Waals surface area contributed by atoms with Gasteiger partial charge in [0, 0.05) is 12.4 Å². The topological polar surface area (TPSA) is 127 Å². The number of carbonyl (C=O) groups is 3. The van der Waals surface area contributed by atoms with Gasteiger partial charge in [-0.15, -0.1) is 0 Å². The molecule has 7 nitrogen and oxygen atoms in total. The molecule has 0 aliphatic heterocycles. The average molecular weight is 280 g/mol. The molecule has 0 aromatic heterocycles. The number of rotatable bonds is 7. The van der Waals surface area contributed by atoms with Gasteiger partial charge in [-0.1, -0.05) is 30.3 Å². The Balaban J connectivity index is 2.59. The van der Waals surface area contributed by atoms with E-state index >= 15 is 0 Å². The third kappa shape index (κ3) is 4.69. The van der Waals surface area contributed by atoms with Crippen molar-refractivity contribution in [1.29, 1.82) is 0 Å². The van der Waals surface area contributed by atoms with E-state index in [2.05, 4.69) is 0 Å². The SMILES string of the molecule is O=C([O-])CC(O)(CC(=O)OCc1ccccc1)C(=O)[O-]. The van der Waals surface area contributed by atoms with Crippen LogP contribution in [0.2, 0.25) is 0 Å². The van der Waals surface area contributed by atoms with E-state index in [4.69, 9.17) is 4.74 Å². The van der Waals surface area contributed by atoms with Crippen LogP contribution in [0.25, 0.3) is 0 Å². The maximum atomic E-state index is 11.4. The fourth-order valence-corrected chi connectivity index (χ4v) is 1.47. The molecule has 0 saturated carbocycles. The zero-order chi connectivity index (χ0) is 15.2. The molecular formula is C13H12O7-2. The first-order valence-corrected chi connectivity index (χ1v) is 5.67. The minimum Gasteiger partial charge on any atom is -0.550 e. The van der Waals surface area contributed by atoms with Crippen LogP contribution in [0, 0.1) is 0 Å². The molecule has 0 spiro atoms. The van der Waals surface area contributed by atoms with E-state index in [1.807, 2.05) is 0 Å². The van der Waals surface area contributed by atoms with Crippen molar-refractivity contribution in [2.75, 3.05) is 0 Å². The summed E-state index contributed by atoms with van der Waals surface area (Å²) in [6.07, 6.45) is -2.29. The van der Waals surface area contributed by atoms with Crippen LogP contribution in [0.1, 0.15) is 18.4 Å². The fraction of sp³-hybridized carbons (Fsp3) is 0.308. The molecule has 0 amide bonds. The summed E-state index contributed by atoms with van der Waals surface area (Å²) < 4.78 is 4.75. The van der Waals surface area contributed by atoms with Gasteiger partial charge < -0.3 is 29.6 Å². The molecule has 1 N–H and O–H groups in total. The molecule has 1 unspecified atom stereocenters. The number of hydrogen-bond acceptors (Lipinski definition) is 7. The molecule has 0 aliphatic rings. The van der Waals surface area contributed by atoms with Gasteiger partial charge in [0.05, 0.1) is 12.4 Å². The molecule has 7 heteroatoms. The van der Waals surface area contributed by atoms with Gasteiger partial charge in [-0.05, 0) is 5.56 Å². The van der Waals surface area contributed by atoms with Crippen molar-refractivity contribution in [3.8, 4) is 0 Å². The van der Waals surface area contributed by atoms with Crippen LogP contribution in [0.4, 0.5) is 0 Å². The molecule has 1 aromatic carbocycles. The first-order chi connectivity index (χ1) is 9.33. The molecular weight excluding hydrogens is 268 g/mol. The van der Waals surface area contributed by atoms with Crippen molar-refractivity contribution >= 4 is 17.9 Å². The summed E-state index contributed by atoms with van der Waals surface area (Å²) >= 11 is 0. The number of carboxylic acid groups (broad SMARTS) is 2. The largest absolute Gasteiger partial charge is 0.550 e. The Morgan fingerprint density at radius 3 is 2.20 bits per heavy atom. The average Bonchev–Trinajstić information content (AvgIpc) is 2.36. The predicted octanol–water partition coefficient (Wildman–Crippen LogP) is -2.26. The number of benzene rings is 1. The molecule has 0 fully saturated rings. The quantitative estimate of drug-likeness (QED) is 0.558. The van der Waals surface area contributed by atoms with Crippen LogP contribution < -0.4 is 10.2 Å². The number of esters is 1. The van der Waals surface area contributed by atoms with E-state index in [-0.39, 0.29) is 6.61 Å². The zero-order valence-corrected chi connectivity index (χ0v) is 10.4. The summed E-state index contributed by atoms with van der Waals surface area (Å²) in [7, 11) is 0. The van der Waals surface area contributed by atoms with Crippen LogP contribution in [0.5, 0.6) is 0 Å². The van der Waals surface area contributed by atoms with Gasteiger partial charge in [0.1, 0.15) is 12.2 Å². The van der Waals surface area contributed by atoms with Gasteiger partial charge in [0.25, 0.3) is 0 Å². The van der Waals surface area contributed by atoms with Crippen molar-refractivity contribution < 1.29 is 34.4 Å². The van der Waals surface area contributed by atoms with E-state index in [1.54, 1.807) is 30.3 Å². The third-order valence-electron chi connectivity index (χ3n) is 2.50. The van der Waals surface area contributed by atoms with Crippen LogP contribution in [-0.4, -0.2) is 28.6 Å². The van der Waals surface area contributed by atoms with Gasteiger partial charge in [-0.2, -0.15) is 0 Å². The lowest BCUT2D eigenvalue weighted by molar-refractivity contribution is -0.333. The monoisotopic (exact) mass is 280 g/mol. The minimum atomic E-state index is -2.84. The van der Waals surface area contributed by atoms with Gasteiger partial charge in [0.15, 0.2) is 0 Å². The first-order valence-electron chi connectivity index (χ1n) is 5.67. The molecule has 1 atom stereocenters. The minimum absolute atomic E-state index is 0.117. The zero-order valence-electron chi connectivity index (χ0n) is 10.4. The van der Waals surface area contributed by atoms with Crippen LogP contribution >= 0.6 is 0 Å². The Bertz CT molecular complexity index is 497. The molecule has 108 valence electrons. The van der Waals surface area contributed by atoms with Crippen molar-refractivity contribution in [1.82, 2.24) is 0 Å². The molecule has 0 aliphatic carbocycles. The second-order valence-electron chi connectivity index (χ2n) is 4.19. The lowest BCUT2D eigenvalue weighted by atomic mass is 9.96. The number of ether oxygens (including phenoxy) is 1. The van der Waals surface area contributed by atoms with E-state index in [0.29, 0.717) is 5.56 Å². The molecule has 0 radical (unpaired) electrons. The van der Waals surface area contributed by atoms with Crippen LogP contribution in [0.3, 0.4) is 0 Å². The first kappa shape index (κ1) is 15.6. The summed E-state index contributed by atoms with van der Waals surface area (Å²) in [5.41, 5.74) is -2.18. The highest BCUT2D eigenvalue weighted by atomic mass is 16.5. The van der Waals surface area contributed by atoms with E-state index in [0.717, 1.165) is 0 Å². The third-order valence-corrected chi connectivity index (χ3v) is 2.50. The molecule has 1 rings (SSSR count). The van der Waals surface area contributed by atoms with Gasteiger partial charge in [-0.3, -0.25) is 4.79 Å². The maximum absolute atomic E-state index is 11.4. The maximum Gasteiger partial charge on any atom is 0.309 e. The van der Waals surface area contributed by atoms with E-state index in [1.165, 1.54) is 0 Å². The summed E-state index contributed by atoms with van der Waals surface area (Å²) in [4.78, 5) is 32.5. The highest BCUT2D eigenvalue weighted by molar-refractivity contribution is 5.87. The predicted molar refractivity (Wildman–Crippen MR) is 60.4 cm³/mol. The van der Waals surface area contributed by atoms with Crippen LogP contribution in [-0.2, 0) is 25.7 Å². The summed E-state index contributed by atoms with van der Waals surface area (Å²) in [6.45, 7) is -0.117. The fourth-order valence-electron chi connectivity index (χ4n) is 1.47. The normalized spacial score (nSPS) is 13.2. The highest BCUT2D eigenvalue weighted by Crippen LogP contribution is 2.16. The lowest BCUT2D eigenvalue weighted by Crippen LogP contribution is -2.52. The number of hydrogen-bond donors (Lipinski definition) is 1. The number of aliphatic hydroxyl groups is 1. The smallest absolute Gasteiger partial charge is 0.309 e. The molecule has 0 heterocycles. The van der Waals surface area contributed by atoms with Crippen molar-refractivity contribution in [3.63, 3.8) is 0 Å². The van der Waals surface area contributed by atoms with Crippen molar-refractivity contribution in [2.45, 2.75) is 25.0 Å².